The molecular formula is C17H24ClN3. The van der Waals surface area contributed by atoms with E-state index in [1.54, 1.807) is 0 Å². The Balaban J connectivity index is 2.16. The highest BCUT2D eigenvalue weighted by Crippen LogP contribution is 2.22. The summed E-state index contributed by atoms with van der Waals surface area (Å²) in [6.07, 6.45) is 1.86. The fraction of sp³-hybridized carbons (Fsp3) is 0.471. The number of halogens is 1. The summed E-state index contributed by atoms with van der Waals surface area (Å²) in [6, 6.07) is 7.07. The number of likely N-dealkylation sites (N-methyl/N-ethyl adjacent to an activating group) is 1. The van der Waals surface area contributed by atoms with Crippen molar-refractivity contribution < 1.29 is 0 Å². The minimum atomic E-state index is 0.346. The first-order chi connectivity index (χ1) is 9.90. The Morgan fingerprint density at radius 2 is 1.76 bits per heavy atom. The van der Waals surface area contributed by atoms with Crippen molar-refractivity contribution in [3.63, 3.8) is 0 Å². The molecule has 0 radical (unpaired) electrons. The van der Waals surface area contributed by atoms with Crippen LogP contribution in [0.4, 0.5) is 0 Å². The van der Waals surface area contributed by atoms with Crippen molar-refractivity contribution in [1.29, 1.82) is 0 Å². The molecule has 0 spiro atoms. The second kappa shape index (κ2) is 6.63. The number of rotatable bonds is 5. The van der Waals surface area contributed by atoms with Gasteiger partial charge in [-0.2, -0.15) is 5.10 Å². The highest BCUT2D eigenvalue weighted by Gasteiger charge is 2.16. The van der Waals surface area contributed by atoms with Crippen molar-refractivity contribution in [3.8, 4) is 0 Å². The monoisotopic (exact) mass is 305 g/mol. The molecule has 1 unspecified atom stereocenters. The van der Waals surface area contributed by atoms with Crippen LogP contribution >= 0.6 is 11.6 Å². The van der Waals surface area contributed by atoms with Crippen LogP contribution in [0.25, 0.3) is 0 Å². The first kappa shape index (κ1) is 16.1. The van der Waals surface area contributed by atoms with Gasteiger partial charge in [-0.25, -0.2) is 0 Å². The lowest BCUT2D eigenvalue weighted by Gasteiger charge is -2.17. The zero-order valence-corrected chi connectivity index (χ0v) is 14.3. The Morgan fingerprint density at radius 1 is 1.14 bits per heavy atom. The van der Waals surface area contributed by atoms with Crippen LogP contribution in [0.5, 0.6) is 0 Å². The lowest BCUT2D eigenvalue weighted by molar-refractivity contribution is 0.533. The van der Waals surface area contributed by atoms with Crippen LogP contribution in [0.1, 0.15) is 28.1 Å². The van der Waals surface area contributed by atoms with Gasteiger partial charge in [0.1, 0.15) is 0 Å². The summed E-state index contributed by atoms with van der Waals surface area (Å²) in [7, 11) is 3.96. The van der Waals surface area contributed by atoms with Crippen molar-refractivity contribution in [2.45, 2.75) is 39.7 Å². The fourth-order valence-electron chi connectivity index (χ4n) is 2.88. The number of nitrogens with one attached hydrogen (secondary N) is 1. The van der Waals surface area contributed by atoms with Crippen LogP contribution in [-0.4, -0.2) is 22.9 Å². The molecule has 1 aromatic heterocycles. The van der Waals surface area contributed by atoms with E-state index in [0.29, 0.717) is 6.04 Å². The summed E-state index contributed by atoms with van der Waals surface area (Å²) in [6.45, 7) is 6.24. The Morgan fingerprint density at radius 3 is 2.24 bits per heavy atom. The summed E-state index contributed by atoms with van der Waals surface area (Å²) in [5, 5.41) is 8.58. The molecule has 0 saturated heterocycles. The van der Waals surface area contributed by atoms with Crippen LogP contribution in [0.2, 0.25) is 5.02 Å². The maximum atomic E-state index is 6.36. The minimum absolute atomic E-state index is 0.346. The molecule has 0 saturated carbocycles. The molecule has 1 atom stereocenters. The predicted molar refractivity (Wildman–Crippen MR) is 89.1 cm³/mol. The SMILES string of the molecule is CNC(Cc1cc(C)cc(C)c1)Cc1c(Cl)c(C)nn1C. The van der Waals surface area contributed by atoms with Gasteiger partial charge in [0.2, 0.25) is 0 Å². The maximum absolute atomic E-state index is 6.36. The van der Waals surface area contributed by atoms with Crippen molar-refractivity contribution in [2.75, 3.05) is 7.05 Å². The van der Waals surface area contributed by atoms with Crippen LogP contribution in [-0.2, 0) is 19.9 Å². The molecule has 1 heterocycles. The Labute approximate surface area is 132 Å². The molecule has 1 N–H and O–H groups in total. The molecular weight excluding hydrogens is 282 g/mol. The summed E-state index contributed by atoms with van der Waals surface area (Å²) in [5.74, 6) is 0. The zero-order chi connectivity index (χ0) is 15.6. The van der Waals surface area contributed by atoms with Gasteiger partial charge in [0.15, 0.2) is 0 Å². The largest absolute Gasteiger partial charge is 0.316 e. The Kier molecular flexibility index (Phi) is 5.07. The van der Waals surface area contributed by atoms with E-state index in [1.165, 1.54) is 16.7 Å². The molecule has 0 amide bonds. The van der Waals surface area contributed by atoms with Gasteiger partial charge < -0.3 is 5.32 Å². The normalized spacial score (nSPS) is 12.7. The number of benzene rings is 1. The molecule has 2 rings (SSSR count). The molecule has 114 valence electrons. The van der Waals surface area contributed by atoms with Gasteiger partial charge in [0.05, 0.1) is 16.4 Å². The standard InChI is InChI=1S/C17H24ClN3/c1-11-6-12(2)8-14(7-11)9-15(19-4)10-16-17(18)13(3)20-21(16)5/h6-8,15,19H,9-10H2,1-5H3. The van der Waals surface area contributed by atoms with E-state index in [0.717, 1.165) is 29.3 Å². The number of aryl methyl sites for hydroxylation is 4. The van der Waals surface area contributed by atoms with Crippen LogP contribution in [0.15, 0.2) is 18.2 Å². The lowest BCUT2D eigenvalue weighted by Crippen LogP contribution is -2.30. The predicted octanol–water partition coefficient (Wildman–Crippen LogP) is 3.37. The van der Waals surface area contributed by atoms with E-state index in [-0.39, 0.29) is 0 Å². The van der Waals surface area contributed by atoms with Crippen molar-refractivity contribution in [3.05, 3.63) is 51.3 Å². The Hall–Kier alpha value is -1.32. The first-order valence-corrected chi connectivity index (χ1v) is 7.71. The van der Waals surface area contributed by atoms with Crippen molar-refractivity contribution in [2.24, 2.45) is 7.05 Å². The van der Waals surface area contributed by atoms with E-state index >= 15 is 0 Å². The number of aromatic nitrogens is 2. The average molecular weight is 306 g/mol. The summed E-state index contributed by atoms with van der Waals surface area (Å²) in [4.78, 5) is 0. The first-order valence-electron chi connectivity index (χ1n) is 7.33. The van der Waals surface area contributed by atoms with Crippen molar-refractivity contribution >= 4 is 11.6 Å². The van der Waals surface area contributed by atoms with E-state index < -0.39 is 0 Å². The Bertz CT molecular complexity index is 611. The molecule has 0 fully saturated rings. The molecule has 0 aliphatic heterocycles. The van der Waals surface area contributed by atoms with Crippen LogP contribution in [0.3, 0.4) is 0 Å². The quantitative estimate of drug-likeness (QED) is 0.918. The van der Waals surface area contributed by atoms with Gasteiger partial charge in [0, 0.05) is 19.5 Å². The second-order valence-corrected chi connectivity index (χ2v) is 6.24. The topological polar surface area (TPSA) is 29.9 Å². The van der Waals surface area contributed by atoms with Gasteiger partial charge >= 0.3 is 0 Å². The molecule has 21 heavy (non-hydrogen) atoms. The van der Waals surface area contributed by atoms with Gasteiger partial charge in [-0.05, 0) is 39.8 Å². The fourth-order valence-corrected chi connectivity index (χ4v) is 3.12. The van der Waals surface area contributed by atoms with Gasteiger partial charge in [-0.3, -0.25) is 4.68 Å². The third-order valence-corrected chi connectivity index (χ3v) is 4.36. The lowest BCUT2D eigenvalue weighted by atomic mass is 9.98. The number of nitrogens with zero attached hydrogens (tertiary/aromatic N) is 2. The highest BCUT2D eigenvalue weighted by molar-refractivity contribution is 6.31. The summed E-state index contributed by atoms with van der Waals surface area (Å²) < 4.78 is 1.89. The van der Waals surface area contributed by atoms with E-state index in [1.807, 2.05) is 25.7 Å². The molecule has 3 nitrogen and oxygen atoms in total. The molecule has 0 bridgehead atoms. The van der Waals surface area contributed by atoms with E-state index in [4.69, 9.17) is 11.6 Å². The smallest absolute Gasteiger partial charge is 0.0847 e. The third-order valence-electron chi connectivity index (χ3n) is 3.87. The van der Waals surface area contributed by atoms with E-state index in [9.17, 15) is 0 Å². The van der Waals surface area contributed by atoms with Gasteiger partial charge in [-0.15, -0.1) is 0 Å². The van der Waals surface area contributed by atoms with Gasteiger partial charge in [0.25, 0.3) is 0 Å². The minimum Gasteiger partial charge on any atom is -0.316 e. The molecule has 4 heteroatoms. The van der Waals surface area contributed by atoms with Gasteiger partial charge in [-0.1, -0.05) is 40.9 Å². The molecule has 1 aromatic carbocycles. The number of hydrogen-bond donors (Lipinski definition) is 1. The molecule has 0 aliphatic carbocycles. The maximum Gasteiger partial charge on any atom is 0.0847 e. The highest BCUT2D eigenvalue weighted by atomic mass is 35.5. The van der Waals surface area contributed by atoms with Crippen LogP contribution < -0.4 is 5.32 Å². The summed E-state index contributed by atoms with van der Waals surface area (Å²) in [5.41, 5.74) is 5.98. The second-order valence-electron chi connectivity index (χ2n) is 5.86. The number of hydrogen-bond acceptors (Lipinski definition) is 2. The summed E-state index contributed by atoms with van der Waals surface area (Å²) >= 11 is 6.36. The van der Waals surface area contributed by atoms with E-state index in [2.05, 4.69) is 42.5 Å². The third kappa shape index (κ3) is 3.86. The molecule has 2 aromatic rings. The van der Waals surface area contributed by atoms with Crippen LogP contribution in [0, 0.1) is 20.8 Å². The zero-order valence-electron chi connectivity index (χ0n) is 13.5. The molecule has 0 aliphatic rings. The average Bonchev–Trinajstić information content (AvgIpc) is 2.63. The van der Waals surface area contributed by atoms with Crippen molar-refractivity contribution in [1.82, 2.24) is 15.1 Å².